The van der Waals surface area contributed by atoms with Crippen LogP contribution in [0.1, 0.15) is 84.2 Å². The lowest BCUT2D eigenvalue weighted by molar-refractivity contribution is 0.717. The van der Waals surface area contributed by atoms with Gasteiger partial charge in [0.25, 0.3) is 0 Å². The van der Waals surface area contributed by atoms with Crippen LogP contribution in [0.2, 0.25) is 0 Å². The fraction of sp³-hybridized carbons (Fsp3) is 0.164. The summed E-state index contributed by atoms with van der Waals surface area (Å²) in [6, 6.07) is 37.8. The lowest BCUT2D eigenvalue weighted by Gasteiger charge is -2.37. The lowest BCUT2D eigenvalue weighted by atomic mass is 9.66. The van der Waals surface area contributed by atoms with Crippen molar-refractivity contribution in [1.29, 1.82) is 0 Å². The first-order valence-electron chi connectivity index (χ1n) is 20.2. The fourth-order valence-corrected chi connectivity index (χ4v) is 11.7. The molecule has 0 fully saturated rings. The van der Waals surface area contributed by atoms with E-state index in [0.717, 1.165) is 5.69 Å². The maximum atomic E-state index is 6.77. The molecular weight excluding hydrogens is 675 g/mol. The number of nitrogens with two attached hydrogens (primary N) is 1. The van der Waals surface area contributed by atoms with Gasteiger partial charge in [0, 0.05) is 23.1 Å². The number of fused-ring (bicyclic) bond motifs is 14. The van der Waals surface area contributed by atoms with Crippen LogP contribution in [0.25, 0.3) is 76.8 Å². The maximum absolute atomic E-state index is 6.77. The Bertz CT molecular complexity index is 3270. The zero-order valence-corrected chi connectivity index (χ0v) is 33.1. The maximum Gasteiger partial charge on any atom is 0.0400 e. The van der Waals surface area contributed by atoms with Crippen molar-refractivity contribution in [2.75, 3.05) is 5.73 Å². The summed E-state index contributed by atoms with van der Waals surface area (Å²) in [4.78, 5) is 0. The molecule has 0 aliphatic heterocycles. The molecule has 4 aliphatic carbocycles. The van der Waals surface area contributed by atoms with Crippen molar-refractivity contribution in [1.82, 2.24) is 0 Å². The molecule has 56 heavy (non-hydrogen) atoms. The minimum Gasteiger partial charge on any atom is -0.398 e. The van der Waals surface area contributed by atoms with Crippen LogP contribution >= 0.6 is 0 Å². The van der Waals surface area contributed by atoms with Crippen molar-refractivity contribution < 1.29 is 0 Å². The van der Waals surface area contributed by atoms with Crippen LogP contribution in [0.5, 0.6) is 0 Å². The summed E-state index contributed by atoms with van der Waals surface area (Å²) in [5.74, 6) is 0.421. The Hall–Kier alpha value is -6.18. The van der Waals surface area contributed by atoms with E-state index in [9.17, 15) is 0 Å². The molecular formula is C55H43N. The molecule has 0 aromatic heterocycles. The molecule has 4 aliphatic rings. The highest BCUT2D eigenvalue weighted by Gasteiger charge is 2.40. The number of aryl methyl sites for hydroxylation is 7. The highest BCUT2D eigenvalue weighted by Crippen LogP contribution is 2.60. The van der Waals surface area contributed by atoms with Crippen LogP contribution in [-0.4, -0.2) is 0 Å². The van der Waals surface area contributed by atoms with E-state index in [-0.39, 0.29) is 11.8 Å². The van der Waals surface area contributed by atoms with Crippen molar-refractivity contribution >= 4 is 49.2 Å². The van der Waals surface area contributed by atoms with Crippen molar-refractivity contribution in [3.8, 4) is 33.4 Å². The van der Waals surface area contributed by atoms with E-state index in [1.54, 1.807) is 0 Å². The highest BCUT2D eigenvalue weighted by molar-refractivity contribution is 6.29. The van der Waals surface area contributed by atoms with Gasteiger partial charge < -0.3 is 5.73 Å². The quantitative estimate of drug-likeness (QED) is 0.133. The monoisotopic (exact) mass is 717 g/mol. The molecule has 12 rings (SSSR count). The van der Waals surface area contributed by atoms with E-state index in [4.69, 9.17) is 5.73 Å². The zero-order chi connectivity index (χ0) is 38.0. The van der Waals surface area contributed by atoms with Gasteiger partial charge in [0.15, 0.2) is 0 Å². The average Bonchev–Trinajstić information content (AvgIpc) is 3.68. The third kappa shape index (κ3) is 3.95. The predicted octanol–water partition coefficient (Wildman–Crippen LogP) is 14.3. The molecule has 0 heterocycles. The van der Waals surface area contributed by atoms with E-state index in [1.807, 2.05) is 0 Å². The smallest absolute Gasteiger partial charge is 0.0400 e. The molecule has 2 atom stereocenters. The van der Waals surface area contributed by atoms with Gasteiger partial charge in [0.05, 0.1) is 0 Å². The van der Waals surface area contributed by atoms with Crippen LogP contribution in [0, 0.1) is 48.5 Å². The normalized spacial score (nSPS) is 16.8. The van der Waals surface area contributed by atoms with Gasteiger partial charge >= 0.3 is 0 Å². The lowest BCUT2D eigenvalue weighted by Crippen LogP contribution is -2.20. The summed E-state index contributed by atoms with van der Waals surface area (Å²) in [6.45, 7) is 15.9. The minimum atomic E-state index is 0.196. The van der Waals surface area contributed by atoms with Gasteiger partial charge in [0.1, 0.15) is 0 Å². The van der Waals surface area contributed by atoms with E-state index in [1.165, 1.54) is 149 Å². The summed E-state index contributed by atoms with van der Waals surface area (Å²) in [5.41, 5.74) is 35.8. The number of hydrogen-bond donors (Lipinski definition) is 1. The second-order valence-electron chi connectivity index (χ2n) is 17.4. The van der Waals surface area contributed by atoms with E-state index in [0.29, 0.717) is 0 Å². The van der Waals surface area contributed by atoms with Crippen molar-refractivity contribution in [2.45, 2.75) is 60.3 Å². The van der Waals surface area contributed by atoms with Crippen LogP contribution in [0.3, 0.4) is 0 Å². The van der Waals surface area contributed by atoms with Crippen LogP contribution < -0.4 is 5.73 Å². The number of hydrogen-bond acceptors (Lipinski definition) is 1. The molecule has 1 heteroatoms. The average molecular weight is 718 g/mol. The third-order valence-electron chi connectivity index (χ3n) is 13.8. The molecule has 0 saturated heterocycles. The Kier molecular flexibility index (Phi) is 6.17. The van der Waals surface area contributed by atoms with Crippen molar-refractivity contribution in [3.63, 3.8) is 0 Å². The molecule has 0 saturated carbocycles. The Labute approximate surface area is 328 Å². The first-order valence-corrected chi connectivity index (χ1v) is 20.2. The summed E-state index contributed by atoms with van der Waals surface area (Å²) >= 11 is 0. The Balaban J connectivity index is 1.20. The Morgan fingerprint density at radius 3 is 1.93 bits per heavy atom. The largest absolute Gasteiger partial charge is 0.398 e. The molecule has 2 N–H and O–H groups in total. The number of nitrogen functional groups attached to an aromatic ring is 1. The van der Waals surface area contributed by atoms with Gasteiger partial charge in [-0.3, -0.25) is 0 Å². The number of anilines is 1. The fourth-order valence-electron chi connectivity index (χ4n) is 11.7. The Morgan fingerprint density at radius 2 is 1.07 bits per heavy atom. The molecule has 2 unspecified atom stereocenters. The van der Waals surface area contributed by atoms with Gasteiger partial charge in [-0.25, -0.2) is 0 Å². The summed E-state index contributed by atoms with van der Waals surface area (Å²) in [7, 11) is 0. The van der Waals surface area contributed by atoms with E-state index < -0.39 is 0 Å². The summed E-state index contributed by atoms with van der Waals surface area (Å²) in [6.07, 6.45) is 5.21. The SMILES string of the molecule is Cc1ccc2c(c1)C(c1cc3c4ccc(C)c5c4c(cc3c3c(C)cc(C)cc13)-c1cc(C)cc(C)c1-5)=CC1c3ccc(C)c4c3C(=CC21)c1cccc(N)c1-4. The van der Waals surface area contributed by atoms with Gasteiger partial charge in [-0.05, 0) is 194 Å². The topological polar surface area (TPSA) is 26.0 Å². The highest BCUT2D eigenvalue weighted by atomic mass is 14.6. The first-order chi connectivity index (χ1) is 27.1. The molecule has 268 valence electrons. The van der Waals surface area contributed by atoms with Gasteiger partial charge in [0.2, 0.25) is 0 Å². The van der Waals surface area contributed by atoms with Gasteiger partial charge in [-0.2, -0.15) is 0 Å². The Morgan fingerprint density at radius 1 is 0.375 bits per heavy atom. The second-order valence-corrected chi connectivity index (χ2v) is 17.4. The third-order valence-corrected chi connectivity index (χ3v) is 13.8. The molecule has 0 spiro atoms. The van der Waals surface area contributed by atoms with Gasteiger partial charge in [-0.1, -0.05) is 108 Å². The van der Waals surface area contributed by atoms with Crippen molar-refractivity contribution in [3.05, 3.63) is 182 Å². The number of benzene rings is 8. The predicted molar refractivity (Wildman–Crippen MR) is 239 cm³/mol. The second kappa shape index (κ2) is 10.8. The van der Waals surface area contributed by atoms with Crippen LogP contribution in [0.4, 0.5) is 5.69 Å². The number of allylic oxidation sites excluding steroid dienone is 2. The van der Waals surface area contributed by atoms with E-state index >= 15 is 0 Å². The summed E-state index contributed by atoms with van der Waals surface area (Å²) < 4.78 is 0. The van der Waals surface area contributed by atoms with E-state index in [2.05, 4.69) is 158 Å². The standard InChI is InChI=1S/C55H43N/c1-26-11-14-33-37(19-26)41(22-39-35-15-13-30(5)52-53(35)45(24-38(33)39)34-9-8-10-48(56)55(34)52)42-23-40-36-16-12-29(4)51-50-32(7)18-28(3)21-44(50)47(54(36)51)25-46(40)49-31(6)17-27(2)20-43(42)49/h8-25,38-39H,56H2,1-7H3. The molecule has 0 amide bonds. The van der Waals surface area contributed by atoms with Crippen LogP contribution in [0.15, 0.2) is 109 Å². The zero-order valence-electron chi connectivity index (χ0n) is 33.1. The van der Waals surface area contributed by atoms with Gasteiger partial charge in [-0.15, -0.1) is 0 Å². The molecule has 0 radical (unpaired) electrons. The van der Waals surface area contributed by atoms with Crippen molar-refractivity contribution in [2.24, 2.45) is 0 Å². The molecule has 1 nitrogen and oxygen atoms in total. The number of rotatable bonds is 1. The minimum absolute atomic E-state index is 0.196. The van der Waals surface area contributed by atoms with Crippen LogP contribution in [-0.2, 0) is 0 Å². The molecule has 8 aromatic carbocycles. The summed E-state index contributed by atoms with van der Waals surface area (Å²) in [5, 5.41) is 8.15. The molecule has 0 bridgehead atoms. The molecule has 8 aromatic rings. The first kappa shape index (κ1) is 32.1.